The van der Waals surface area contributed by atoms with Gasteiger partial charge in [-0.3, -0.25) is 9.78 Å². The molecule has 1 aromatic heterocycles. The maximum absolute atomic E-state index is 13.4. The van der Waals surface area contributed by atoms with Gasteiger partial charge in [-0.05, 0) is 73.4 Å². The molecule has 1 unspecified atom stereocenters. The first-order valence-electron chi connectivity index (χ1n) is 10.7. The lowest BCUT2D eigenvalue weighted by atomic mass is 10.0. The molecule has 3 aromatic rings. The van der Waals surface area contributed by atoms with Gasteiger partial charge >= 0.3 is 0 Å². The highest BCUT2D eigenvalue weighted by Crippen LogP contribution is 2.34. The topological polar surface area (TPSA) is 51.7 Å². The van der Waals surface area contributed by atoms with E-state index >= 15 is 0 Å². The maximum Gasteiger partial charge on any atom is 0.227 e. The molecule has 0 saturated carbocycles. The molecular formula is C26H27FN2O3. The Morgan fingerprint density at radius 2 is 1.84 bits per heavy atom. The van der Waals surface area contributed by atoms with Gasteiger partial charge in [-0.1, -0.05) is 12.1 Å². The summed E-state index contributed by atoms with van der Waals surface area (Å²) in [4.78, 5) is 20.0. The minimum absolute atomic E-state index is 0.0330. The van der Waals surface area contributed by atoms with Gasteiger partial charge in [-0.25, -0.2) is 4.39 Å². The number of methoxy groups -OCH3 is 2. The van der Waals surface area contributed by atoms with Crippen LogP contribution in [0.4, 0.5) is 4.39 Å². The summed E-state index contributed by atoms with van der Waals surface area (Å²) in [6.07, 6.45) is 2.01. The summed E-state index contributed by atoms with van der Waals surface area (Å²) in [6.45, 7) is 2.63. The highest BCUT2D eigenvalue weighted by molar-refractivity contribution is 5.80. The van der Waals surface area contributed by atoms with E-state index in [2.05, 4.69) is 0 Å². The van der Waals surface area contributed by atoms with Gasteiger partial charge in [-0.2, -0.15) is 0 Å². The van der Waals surface area contributed by atoms with Crippen LogP contribution in [0, 0.1) is 12.7 Å². The highest BCUT2D eigenvalue weighted by atomic mass is 19.1. The fourth-order valence-corrected chi connectivity index (χ4v) is 4.33. The standard InChI is InChI=1S/C26H27FN2O3/c1-17-13-19(18-6-8-21(27)9-7-18)15-23(28-17)24-5-4-12-29(24)26(30)16-20-14-22(31-2)10-11-25(20)32-3/h6-11,13-15,24H,4-5,12,16H2,1-3H3. The third-order valence-electron chi connectivity index (χ3n) is 5.89. The molecule has 0 N–H and O–H groups in total. The normalized spacial score (nSPS) is 15.6. The molecule has 32 heavy (non-hydrogen) atoms. The summed E-state index contributed by atoms with van der Waals surface area (Å²) in [6, 6.07) is 15.8. The Bertz CT molecular complexity index is 1110. The molecule has 6 heteroatoms. The van der Waals surface area contributed by atoms with E-state index < -0.39 is 0 Å². The number of rotatable bonds is 6. The lowest BCUT2D eigenvalue weighted by molar-refractivity contribution is -0.131. The van der Waals surface area contributed by atoms with E-state index in [0.29, 0.717) is 18.0 Å². The Hall–Kier alpha value is -3.41. The van der Waals surface area contributed by atoms with Crippen molar-refractivity contribution in [2.24, 2.45) is 0 Å². The first kappa shape index (κ1) is 21.8. The summed E-state index contributed by atoms with van der Waals surface area (Å²) >= 11 is 0. The summed E-state index contributed by atoms with van der Waals surface area (Å²) in [7, 11) is 3.20. The number of hydrogen-bond acceptors (Lipinski definition) is 4. The van der Waals surface area contributed by atoms with Crippen molar-refractivity contribution < 1.29 is 18.7 Å². The van der Waals surface area contributed by atoms with E-state index in [1.54, 1.807) is 26.4 Å². The largest absolute Gasteiger partial charge is 0.497 e. The number of ether oxygens (including phenoxy) is 2. The van der Waals surface area contributed by atoms with Crippen LogP contribution in [0.1, 0.15) is 35.8 Å². The molecule has 1 fully saturated rings. The number of halogens is 1. The number of carbonyl (C=O) groups excluding carboxylic acids is 1. The molecule has 5 nitrogen and oxygen atoms in total. The zero-order chi connectivity index (χ0) is 22.7. The molecule has 1 aliphatic rings. The maximum atomic E-state index is 13.4. The quantitative estimate of drug-likeness (QED) is 0.540. The molecule has 2 heterocycles. The number of benzene rings is 2. The van der Waals surface area contributed by atoms with Crippen molar-refractivity contribution in [1.82, 2.24) is 9.88 Å². The number of amides is 1. The fourth-order valence-electron chi connectivity index (χ4n) is 4.33. The second-order valence-electron chi connectivity index (χ2n) is 8.03. The van der Waals surface area contributed by atoms with E-state index in [4.69, 9.17) is 14.5 Å². The molecule has 1 saturated heterocycles. The van der Waals surface area contributed by atoms with Crippen molar-refractivity contribution in [2.45, 2.75) is 32.2 Å². The summed E-state index contributed by atoms with van der Waals surface area (Å²) in [5.74, 6) is 1.13. The second-order valence-corrected chi connectivity index (χ2v) is 8.03. The lowest BCUT2D eigenvalue weighted by Crippen LogP contribution is -2.32. The molecule has 1 aliphatic heterocycles. The van der Waals surface area contributed by atoms with Crippen LogP contribution >= 0.6 is 0 Å². The monoisotopic (exact) mass is 434 g/mol. The van der Waals surface area contributed by atoms with Crippen molar-refractivity contribution in [2.75, 3.05) is 20.8 Å². The number of nitrogens with zero attached hydrogens (tertiary/aromatic N) is 2. The van der Waals surface area contributed by atoms with Crippen LogP contribution in [0.15, 0.2) is 54.6 Å². The fraction of sp³-hybridized carbons (Fsp3) is 0.308. The van der Waals surface area contributed by atoms with Gasteiger partial charge in [0.2, 0.25) is 5.91 Å². The molecule has 0 spiro atoms. The Kier molecular flexibility index (Phi) is 6.40. The minimum atomic E-state index is -0.264. The zero-order valence-corrected chi connectivity index (χ0v) is 18.6. The van der Waals surface area contributed by atoms with Crippen molar-refractivity contribution in [3.8, 4) is 22.6 Å². The van der Waals surface area contributed by atoms with Crippen LogP contribution in [0.25, 0.3) is 11.1 Å². The van der Waals surface area contributed by atoms with Gasteiger partial charge in [0.25, 0.3) is 0 Å². The van der Waals surface area contributed by atoms with Crippen molar-refractivity contribution in [3.63, 3.8) is 0 Å². The summed E-state index contributed by atoms with van der Waals surface area (Å²) in [5.41, 5.74) is 4.44. The van der Waals surface area contributed by atoms with Crippen molar-refractivity contribution in [3.05, 3.63) is 77.4 Å². The van der Waals surface area contributed by atoms with Crippen molar-refractivity contribution >= 4 is 5.91 Å². The molecule has 0 aliphatic carbocycles. The van der Waals surface area contributed by atoms with Gasteiger partial charge in [0.15, 0.2) is 0 Å². The predicted octanol–water partition coefficient (Wildman–Crippen LogP) is 5.12. The number of carbonyl (C=O) groups is 1. The SMILES string of the molecule is COc1ccc(OC)c(CC(=O)N2CCCC2c2cc(-c3ccc(F)cc3)cc(C)n2)c1. The van der Waals surface area contributed by atoms with Crippen LogP contribution in [0.3, 0.4) is 0 Å². The Morgan fingerprint density at radius 3 is 2.56 bits per heavy atom. The van der Waals surface area contributed by atoms with Crippen LogP contribution in [-0.4, -0.2) is 36.6 Å². The molecule has 2 aromatic carbocycles. The average molecular weight is 435 g/mol. The molecule has 4 rings (SSSR count). The molecule has 1 atom stereocenters. The number of aryl methyl sites for hydroxylation is 1. The van der Waals surface area contributed by atoms with Gasteiger partial charge in [0.1, 0.15) is 17.3 Å². The Balaban J connectivity index is 1.60. The number of pyridine rings is 1. The van der Waals surface area contributed by atoms with E-state index in [9.17, 15) is 9.18 Å². The minimum Gasteiger partial charge on any atom is -0.497 e. The van der Waals surface area contributed by atoms with E-state index in [-0.39, 0.29) is 24.2 Å². The van der Waals surface area contributed by atoms with Gasteiger partial charge in [0.05, 0.1) is 32.4 Å². The van der Waals surface area contributed by atoms with E-state index in [1.165, 1.54) is 12.1 Å². The zero-order valence-electron chi connectivity index (χ0n) is 18.6. The third-order valence-corrected chi connectivity index (χ3v) is 5.89. The first-order chi connectivity index (χ1) is 15.5. The number of aromatic nitrogens is 1. The average Bonchev–Trinajstić information content (AvgIpc) is 3.29. The van der Waals surface area contributed by atoms with Crippen LogP contribution in [0.5, 0.6) is 11.5 Å². The van der Waals surface area contributed by atoms with Crippen molar-refractivity contribution in [1.29, 1.82) is 0 Å². The Morgan fingerprint density at radius 1 is 1.06 bits per heavy atom. The van der Waals surface area contributed by atoms with Crippen LogP contribution in [-0.2, 0) is 11.2 Å². The molecular weight excluding hydrogens is 407 g/mol. The summed E-state index contributed by atoms with van der Waals surface area (Å²) in [5, 5.41) is 0. The number of hydrogen-bond donors (Lipinski definition) is 0. The summed E-state index contributed by atoms with van der Waals surface area (Å²) < 4.78 is 24.1. The van der Waals surface area contributed by atoms with Crippen LogP contribution < -0.4 is 9.47 Å². The first-order valence-corrected chi connectivity index (χ1v) is 10.7. The van der Waals surface area contributed by atoms with E-state index in [1.807, 2.05) is 42.2 Å². The van der Waals surface area contributed by atoms with E-state index in [0.717, 1.165) is 40.9 Å². The molecule has 0 bridgehead atoms. The van der Waals surface area contributed by atoms with Gasteiger partial charge in [-0.15, -0.1) is 0 Å². The lowest BCUT2D eigenvalue weighted by Gasteiger charge is -2.25. The number of likely N-dealkylation sites (tertiary alicyclic amines) is 1. The second kappa shape index (κ2) is 9.39. The predicted molar refractivity (Wildman–Crippen MR) is 121 cm³/mol. The molecule has 1 amide bonds. The highest BCUT2D eigenvalue weighted by Gasteiger charge is 2.31. The van der Waals surface area contributed by atoms with Gasteiger partial charge < -0.3 is 14.4 Å². The van der Waals surface area contributed by atoms with Crippen LogP contribution in [0.2, 0.25) is 0 Å². The van der Waals surface area contributed by atoms with Gasteiger partial charge in [0, 0.05) is 17.8 Å². The molecule has 0 radical (unpaired) electrons. The third kappa shape index (κ3) is 4.59. The molecule has 166 valence electrons. The smallest absolute Gasteiger partial charge is 0.227 e. The Labute approximate surface area is 187 Å².